The van der Waals surface area contributed by atoms with E-state index in [0.29, 0.717) is 6.04 Å². The topological polar surface area (TPSA) is 12.0 Å². The van der Waals surface area contributed by atoms with Gasteiger partial charge in [-0.25, -0.2) is 0 Å². The van der Waals surface area contributed by atoms with Crippen LogP contribution in [0.2, 0.25) is 5.02 Å². The number of halogens is 1. The molecule has 0 amide bonds. The molecule has 1 aromatic carbocycles. The Morgan fingerprint density at radius 2 is 1.90 bits per heavy atom. The van der Waals surface area contributed by atoms with Gasteiger partial charge in [0.1, 0.15) is 0 Å². The van der Waals surface area contributed by atoms with Crippen LogP contribution in [0.15, 0.2) is 23.1 Å². The molecule has 3 fully saturated rings. The molecule has 1 aliphatic heterocycles. The molecule has 0 saturated heterocycles. The van der Waals surface area contributed by atoms with Crippen LogP contribution in [0.5, 0.6) is 0 Å². The maximum Gasteiger partial charge on any atom is 0.0410 e. The highest BCUT2D eigenvalue weighted by atomic mass is 35.5. The molecule has 0 spiro atoms. The molecule has 0 radical (unpaired) electrons. The van der Waals surface area contributed by atoms with Gasteiger partial charge in [0.25, 0.3) is 0 Å². The smallest absolute Gasteiger partial charge is 0.0410 e. The van der Waals surface area contributed by atoms with Gasteiger partial charge in [-0.15, -0.1) is 11.8 Å². The number of hydrogen-bond acceptors (Lipinski definition) is 2. The fourth-order valence-corrected chi connectivity index (χ4v) is 6.61. The Labute approximate surface area is 129 Å². The van der Waals surface area contributed by atoms with Crippen molar-refractivity contribution in [2.45, 2.75) is 42.7 Å². The van der Waals surface area contributed by atoms with Crippen molar-refractivity contribution in [3.63, 3.8) is 0 Å². The van der Waals surface area contributed by atoms with Gasteiger partial charge in [-0.05, 0) is 78.9 Å². The van der Waals surface area contributed by atoms with Gasteiger partial charge in [0.05, 0.1) is 0 Å². The minimum Gasteiger partial charge on any atom is -0.307 e. The molecule has 1 N–H and O–H groups in total. The van der Waals surface area contributed by atoms with E-state index in [1.165, 1.54) is 41.9 Å². The molecule has 1 heterocycles. The average molecular weight is 306 g/mol. The molecule has 0 aromatic heterocycles. The molecular weight excluding hydrogens is 286 g/mol. The lowest BCUT2D eigenvalue weighted by Crippen LogP contribution is -2.30. The third-order valence-corrected chi connectivity index (χ3v) is 7.50. The Morgan fingerprint density at radius 1 is 1.10 bits per heavy atom. The third-order valence-electron chi connectivity index (χ3n) is 6.14. The lowest BCUT2D eigenvalue weighted by molar-refractivity contribution is 0.412. The Kier molecular flexibility index (Phi) is 2.73. The number of thioether (sulfide) groups is 1. The molecule has 3 heteroatoms. The average Bonchev–Trinajstić information content (AvgIpc) is 2.84. The molecule has 2 bridgehead atoms. The van der Waals surface area contributed by atoms with Gasteiger partial charge in [-0.3, -0.25) is 0 Å². The van der Waals surface area contributed by atoms with Gasteiger partial charge in [0.2, 0.25) is 0 Å². The Morgan fingerprint density at radius 3 is 2.70 bits per heavy atom. The molecule has 1 aromatic rings. The first-order valence-electron chi connectivity index (χ1n) is 7.99. The van der Waals surface area contributed by atoms with E-state index >= 15 is 0 Å². The van der Waals surface area contributed by atoms with Gasteiger partial charge >= 0.3 is 0 Å². The van der Waals surface area contributed by atoms with E-state index in [4.69, 9.17) is 11.6 Å². The fraction of sp³-hybridized carbons (Fsp3) is 0.647. The standard InChI is InChI=1S/C17H20ClNS/c18-11-3-4-14-12(8-11)13(5-6-20-14)19-17-15-9-1-2-10(7-9)16(15)17/h3-4,8-10,13,15-17,19H,1-2,5-7H2. The van der Waals surface area contributed by atoms with Crippen molar-refractivity contribution in [1.82, 2.24) is 5.32 Å². The van der Waals surface area contributed by atoms with E-state index in [-0.39, 0.29) is 0 Å². The van der Waals surface area contributed by atoms with E-state index < -0.39 is 0 Å². The van der Waals surface area contributed by atoms with Gasteiger partial charge in [0, 0.05) is 22.0 Å². The van der Waals surface area contributed by atoms with Crippen LogP contribution in [0.1, 0.15) is 37.3 Å². The third kappa shape index (κ3) is 1.74. The summed E-state index contributed by atoms with van der Waals surface area (Å²) >= 11 is 8.19. The Balaban J connectivity index is 1.38. The largest absolute Gasteiger partial charge is 0.307 e. The van der Waals surface area contributed by atoms with Crippen LogP contribution in [0, 0.1) is 23.7 Å². The quantitative estimate of drug-likeness (QED) is 0.862. The van der Waals surface area contributed by atoms with Gasteiger partial charge in [0.15, 0.2) is 0 Å². The predicted octanol–water partition coefficient (Wildman–Crippen LogP) is 4.51. The lowest BCUT2D eigenvalue weighted by Gasteiger charge is -2.27. The number of nitrogens with one attached hydrogen (secondary N) is 1. The first-order chi connectivity index (χ1) is 9.81. The highest BCUT2D eigenvalue weighted by Gasteiger charge is 2.65. The summed E-state index contributed by atoms with van der Waals surface area (Å²) in [6.07, 6.45) is 5.81. The first-order valence-corrected chi connectivity index (χ1v) is 9.36. The van der Waals surface area contributed by atoms with Crippen molar-refractivity contribution in [2.75, 3.05) is 5.75 Å². The molecule has 20 heavy (non-hydrogen) atoms. The zero-order valence-electron chi connectivity index (χ0n) is 11.5. The van der Waals surface area contributed by atoms with Crippen LogP contribution in [-0.2, 0) is 0 Å². The highest BCUT2D eigenvalue weighted by Crippen LogP contribution is 2.66. The Bertz CT molecular complexity index is 544. The summed E-state index contributed by atoms with van der Waals surface area (Å²) < 4.78 is 0. The molecule has 1 nitrogen and oxygen atoms in total. The van der Waals surface area contributed by atoms with Crippen molar-refractivity contribution in [3.8, 4) is 0 Å². The first kappa shape index (κ1) is 12.4. The van der Waals surface area contributed by atoms with Crippen molar-refractivity contribution in [2.24, 2.45) is 23.7 Å². The van der Waals surface area contributed by atoms with E-state index in [1.807, 2.05) is 17.8 Å². The van der Waals surface area contributed by atoms with E-state index in [2.05, 4.69) is 17.4 Å². The second kappa shape index (κ2) is 4.41. The van der Waals surface area contributed by atoms with Crippen LogP contribution in [0.4, 0.5) is 0 Å². The van der Waals surface area contributed by atoms with Crippen LogP contribution in [0.25, 0.3) is 0 Å². The molecule has 3 aliphatic carbocycles. The van der Waals surface area contributed by atoms with Crippen LogP contribution < -0.4 is 5.32 Å². The summed E-state index contributed by atoms with van der Waals surface area (Å²) in [5.74, 6) is 5.39. The molecule has 4 aliphatic rings. The van der Waals surface area contributed by atoms with Gasteiger partial charge in [-0.2, -0.15) is 0 Å². The highest BCUT2D eigenvalue weighted by molar-refractivity contribution is 7.99. The summed E-state index contributed by atoms with van der Waals surface area (Å²) in [6.45, 7) is 0. The van der Waals surface area contributed by atoms with Gasteiger partial charge < -0.3 is 5.32 Å². The minimum atomic E-state index is 0.542. The maximum absolute atomic E-state index is 6.21. The van der Waals surface area contributed by atoms with Crippen LogP contribution in [0.3, 0.4) is 0 Å². The SMILES string of the molecule is Clc1ccc2c(c1)C(NC1C3C4CCC(C4)C13)CCS2. The second-order valence-corrected chi connectivity index (χ2v) is 8.63. The summed E-state index contributed by atoms with van der Waals surface area (Å²) in [7, 11) is 0. The molecule has 5 rings (SSSR count). The van der Waals surface area contributed by atoms with E-state index in [0.717, 1.165) is 34.7 Å². The normalized spacial score (nSPS) is 44.2. The zero-order valence-corrected chi connectivity index (χ0v) is 13.1. The molecule has 5 unspecified atom stereocenters. The monoisotopic (exact) mass is 305 g/mol. The van der Waals surface area contributed by atoms with E-state index in [9.17, 15) is 0 Å². The second-order valence-electron chi connectivity index (χ2n) is 7.05. The van der Waals surface area contributed by atoms with Crippen LogP contribution in [-0.4, -0.2) is 11.8 Å². The number of rotatable bonds is 2. The summed E-state index contributed by atoms with van der Waals surface area (Å²) in [5.41, 5.74) is 1.45. The number of benzene rings is 1. The molecule has 5 atom stereocenters. The molecular formula is C17H20ClNS. The maximum atomic E-state index is 6.21. The molecule has 106 valence electrons. The predicted molar refractivity (Wildman–Crippen MR) is 84.3 cm³/mol. The zero-order chi connectivity index (χ0) is 13.3. The molecule has 3 saturated carbocycles. The van der Waals surface area contributed by atoms with Crippen molar-refractivity contribution < 1.29 is 0 Å². The van der Waals surface area contributed by atoms with Crippen molar-refractivity contribution >= 4 is 23.4 Å². The lowest BCUT2D eigenvalue weighted by atomic mass is 10.0. The fourth-order valence-electron chi connectivity index (χ4n) is 5.32. The number of hydrogen-bond donors (Lipinski definition) is 1. The van der Waals surface area contributed by atoms with Crippen molar-refractivity contribution in [1.29, 1.82) is 0 Å². The Hall–Kier alpha value is -0.180. The van der Waals surface area contributed by atoms with Gasteiger partial charge in [-0.1, -0.05) is 11.6 Å². The summed E-state index contributed by atoms with van der Waals surface area (Å²) in [6, 6.07) is 7.78. The summed E-state index contributed by atoms with van der Waals surface area (Å²) in [4.78, 5) is 1.44. The van der Waals surface area contributed by atoms with E-state index in [1.54, 1.807) is 0 Å². The number of fused-ring (bicyclic) bond motifs is 6. The summed E-state index contributed by atoms with van der Waals surface area (Å²) in [5, 5.41) is 4.89. The minimum absolute atomic E-state index is 0.542. The van der Waals surface area contributed by atoms with Crippen molar-refractivity contribution in [3.05, 3.63) is 28.8 Å². The van der Waals surface area contributed by atoms with Crippen LogP contribution >= 0.6 is 23.4 Å².